The van der Waals surface area contributed by atoms with Crippen molar-refractivity contribution >= 4 is 23.8 Å². The van der Waals surface area contributed by atoms with E-state index in [0.29, 0.717) is 5.76 Å². The lowest BCUT2D eigenvalue weighted by molar-refractivity contribution is -0.130. The standard InChI is InChI=1S/C19H21N3O4/c1-13(21-17(23)10-9-15-8-5-11-26-15)19(25)22-16(18(20)24)12-14-6-3-2-4-7-14/h2-11,13,16H,12H2,1H3,(H2,20,24)(H,21,23)(H,22,25)/b10-9+/t13-,16+/m0/s1. The van der Waals surface area contributed by atoms with Crippen LogP contribution in [-0.2, 0) is 20.8 Å². The zero-order chi connectivity index (χ0) is 18.9. The molecule has 2 atom stereocenters. The molecule has 7 nitrogen and oxygen atoms in total. The summed E-state index contributed by atoms with van der Waals surface area (Å²) in [6.45, 7) is 1.52. The molecule has 0 aliphatic rings. The number of benzene rings is 1. The van der Waals surface area contributed by atoms with E-state index in [1.165, 1.54) is 25.3 Å². The first-order valence-corrected chi connectivity index (χ1v) is 8.11. The molecule has 0 aliphatic heterocycles. The van der Waals surface area contributed by atoms with Crippen molar-refractivity contribution in [3.8, 4) is 0 Å². The van der Waals surface area contributed by atoms with Gasteiger partial charge in [0.1, 0.15) is 17.8 Å². The largest absolute Gasteiger partial charge is 0.465 e. The third kappa shape index (κ3) is 5.94. The number of furan rings is 1. The lowest BCUT2D eigenvalue weighted by Gasteiger charge is -2.19. The molecule has 4 N–H and O–H groups in total. The first-order valence-electron chi connectivity index (χ1n) is 8.11. The highest BCUT2D eigenvalue weighted by Crippen LogP contribution is 2.04. The van der Waals surface area contributed by atoms with Crippen LogP contribution >= 0.6 is 0 Å². The molecule has 1 aromatic carbocycles. The van der Waals surface area contributed by atoms with E-state index in [-0.39, 0.29) is 6.42 Å². The van der Waals surface area contributed by atoms with Crippen molar-refractivity contribution in [1.29, 1.82) is 0 Å². The Morgan fingerprint density at radius 1 is 1.12 bits per heavy atom. The van der Waals surface area contributed by atoms with Gasteiger partial charge in [-0.25, -0.2) is 0 Å². The lowest BCUT2D eigenvalue weighted by Crippen LogP contribution is -2.52. The predicted octanol–water partition coefficient (Wildman–Crippen LogP) is 1.01. The molecule has 0 aliphatic carbocycles. The number of nitrogens with one attached hydrogen (secondary N) is 2. The topological polar surface area (TPSA) is 114 Å². The van der Waals surface area contributed by atoms with Gasteiger partial charge in [-0.2, -0.15) is 0 Å². The molecule has 2 rings (SSSR count). The summed E-state index contributed by atoms with van der Waals surface area (Å²) in [5.74, 6) is -1.07. The molecular weight excluding hydrogens is 334 g/mol. The average molecular weight is 355 g/mol. The van der Waals surface area contributed by atoms with E-state index in [1.54, 1.807) is 12.1 Å². The van der Waals surface area contributed by atoms with Crippen LogP contribution in [0, 0.1) is 0 Å². The first-order chi connectivity index (χ1) is 12.5. The van der Waals surface area contributed by atoms with E-state index in [9.17, 15) is 14.4 Å². The summed E-state index contributed by atoms with van der Waals surface area (Å²) in [7, 11) is 0. The Hall–Kier alpha value is -3.35. The van der Waals surface area contributed by atoms with Gasteiger partial charge in [-0.05, 0) is 30.7 Å². The van der Waals surface area contributed by atoms with Crippen molar-refractivity contribution in [3.63, 3.8) is 0 Å². The molecular formula is C19H21N3O4. The van der Waals surface area contributed by atoms with E-state index < -0.39 is 29.8 Å². The Kier molecular flexibility index (Phi) is 6.73. The van der Waals surface area contributed by atoms with E-state index >= 15 is 0 Å². The maximum Gasteiger partial charge on any atom is 0.244 e. The van der Waals surface area contributed by atoms with Crippen LogP contribution < -0.4 is 16.4 Å². The van der Waals surface area contributed by atoms with Crippen LogP contribution in [0.5, 0.6) is 0 Å². The van der Waals surface area contributed by atoms with Gasteiger partial charge < -0.3 is 20.8 Å². The van der Waals surface area contributed by atoms with Crippen LogP contribution in [0.4, 0.5) is 0 Å². The third-order valence-corrected chi connectivity index (χ3v) is 3.64. The van der Waals surface area contributed by atoms with Crippen LogP contribution in [0.1, 0.15) is 18.2 Å². The molecule has 3 amide bonds. The average Bonchev–Trinajstić information content (AvgIpc) is 3.13. The van der Waals surface area contributed by atoms with Crippen LogP contribution in [0.3, 0.4) is 0 Å². The highest BCUT2D eigenvalue weighted by Gasteiger charge is 2.22. The Bertz CT molecular complexity index is 769. The van der Waals surface area contributed by atoms with Gasteiger partial charge in [0.05, 0.1) is 6.26 Å². The second-order valence-electron chi connectivity index (χ2n) is 5.73. The molecule has 0 bridgehead atoms. The predicted molar refractivity (Wildman–Crippen MR) is 96.6 cm³/mol. The van der Waals surface area contributed by atoms with Gasteiger partial charge in [-0.15, -0.1) is 0 Å². The number of primary amides is 1. The van der Waals surface area contributed by atoms with Crippen molar-refractivity contribution in [2.75, 3.05) is 0 Å². The fourth-order valence-electron chi connectivity index (χ4n) is 2.24. The molecule has 0 fully saturated rings. The number of amides is 3. The minimum absolute atomic E-state index is 0.279. The summed E-state index contributed by atoms with van der Waals surface area (Å²) in [6, 6.07) is 10.9. The highest BCUT2D eigenvalue weighted by atomic mass is 16.3. The van der Waals surface area contributed by atoms with Crippen molar-refractivity contribution < 1.29 is 18.8 Å². The molecule has 2 aromatic rings. The number of hydrogen-bond acceptors (Lipinski definition) is 4. The van der Waals surface area contributed by atoms with Gasteiger partial charge in [-0.1, -0.05) is 30.3 Å². The fraction of sp³-hybridized carbons (Fsp3) is 0.211. The number of hydrogen-bond donors (Lipinski definition) is 3. The van der Waals surface area contributed by atoms with Gasteiger partial charge >= 0.3 is 0 Å². The smallest absolute Gasteiger partial charge is 0.244 e. The molecule has 1 aromatic heterocycles. The van der Waals surface area contributed by atoms with E-state index in [2.05, 4.69) is 10.6 Å². The minimum Gasteiger partial charge on any atom is -0.465 e. The quantitative estimate of drug-likeness (QED) is 0.613. The molecule has 0 saturated carbocycles. The maximum atomic E-state index is 12.2. The number of carbonyl (C=O) groups excluding carboxylic acids is 3. The zero-order valence-corrected chi connectivity index (χ0v) is 14.3. The normalized spacial score (nSPS) is 13.1. The summed E-state index contributed by atoms with van der Waals surface area (Å²) in [4.78, 5) is 35.7. The summed E-state index contributed by atoms with van der Waals surface area (Å²) in [5.41, 5.74) is 6.24. The molecule has 1 heterocycles. The van der Waals surface area contributed by atoms with Crippen LogP contribution in [-0.4, -0.2) is 29.8 Å². The molecule has 0 radical (unpaired) electrons. The van der Waals surface area contributed by atoms with Gasteiger partial charge in [0, 0.05) is 12.5 Å². The third-order valence-electron chi connectivity index (χ3n) is 3.64. The number of nitrogens with two attached hydrogens (primary N) is 1. The van der Waals surface area contributed by atoms with Gasteiger partial charge in [-0.3, -0.25) is 14.4 Å². The van der Waals surface area contributed by atoms with E-state index in [4.69, 9.17) is 10.2 Å². The van der Waals surface area contributed by atoms with Crippen LogP contribution in [0.15, 0.2) is 59.2 Å². The fourth-order valence-corrected chi connectivity index (χ4v) is 2.24. The molecule has 7 heteroatoms. The molecule has 0 spiro atoms. The number of carbonyl (C=O) groups is 3. The van der Waals surface area contributed by atoms with E-state index in [0.717, 1.165) is 5.56 Å². The lowest BCUT2D eigenvalue weighted by atomic mass is 10.1. The Labute approximate surface area is 151 Å². The van der Waals surface area contributed by atoms with Crippen LogP contribution in [0.25, 0.3) is 6.08 Å². The molecule has 0 saturated heterocycles. The molecule has 136 valence electrons. The summed E-state index contributed by atoms with van der Waals surface area (Å²) in [5, 5.41) is 5.09. The second kappa shape index (κ2) is 9.22. The summed E-state index contributed by atoms with van der Waals surface area (Å²) >= 11 is 0. The Balaban J connectivity index is 1.89. The van der Waals surface area contributed by atoms with Gasteiger partial charge in [0.15, 0.2) is 0 Å². The monoisotopic (exact) mass is 355 g/mol. The van der Waals surface area contributed by atoms with Crippen molar-refractivity contribution in [3.05, 3.63) is 66.1 Å². The van der Waals surface area contributed by atoms with Crippen LogP contribution in [0.2, 0.25) is 0 Å². The van der Waals surface area contributed by atoms with Gasteiger partial charge in [0.25, 0.3) is 0 Å². The van der Waals surface area contributed by atoms with Gasteiger partial charge in [0.2, 0.25) is 17.7 Å². The Morgan fingerprint density at radius 2 is 1.85 bits per heavy atom. The minimum atomic E-state index is -0.858. The number of rotatable bonds is 8. The van der Waals surface area contributed by atoms with E-state index in [1.807, 2.05) is 30.3 Å². The summed E-state index contributed by atoms with van der Waals surface area (Å²) in [6.07, 6.45) is 4.52. The van der Waals surface area contributed by atoms with Crippen molar-refractivity contribution in [2.45, 2.75) is 25.4 Å². The SMILES string of the molecule is C[C@H](NC(=O)/C=C/c1ccco1)C(=O)N[C@H](Cc1ccccc1)C(N)=O. The molecule has 0 unspecified atom stereocenters. The highest BCUT2D eigenvalue weighted by molar-refractivity contribution is 5.96. The van der Waals surface area contributed by atoms with Crippen molar-refractivity contribution in [1.82, 2.24) is 10.6 Å². The summed E-state index contributed by atoms with van der Waals surface area (Å²) < 4.78 is 5.07. The second-order valence-corrected chi connectivity index (χ2v) is 5.73. The molecule has 26 heavy (non-hydrogen) atoms. The van der Waals surface area contributed by atoms with Crippen molar-refractivity contribution in [2.24, 2.45) is 5.73 Å². The maximum absolute atomic E-state index is 12.2. The first kappa shape index (κ1) is 19.0. The Morgan fingerprint density at radius 3 is 2.46 bits per heavy atom. The zero-order valence-electron chi connectivity index (χ0n) is 14.3.